The molecule has 1 amide bonds. The van der Waals surface area contributed by atoms with Crippen LogP contribution in [0.4, 0.5) is 5.69 Å². The summed E-state index contributed by atoms with van der Waals surface area (Å²) in [6, 6.07) is 8.97. The number of carbonyl (C=O) groups is 1. The molecule has 5 nitrogen and oxygen atoms in total. The van der Waals surface area contributed by atoms with Crippen molar-refractivity contribution < 1.29 is 4.79 Å². The minimum atomic E-state index is 0.136. The van der Waals surface area contributed by atoms with Gasteiger partial charge in [-0.05, 0) is 37.0 Å². The molecule has 2 aromatic rings. The Labute approximate surface area is 149 Å². The molecule has 1 heterocycles. The second kappa shape index (κ2) is 6.21. The van der Waals surface area contributed by atoms with Crippen molar-refractivity contribution in [3.63, 3.8) is 0 Å². The Morgan fingerprint density at radius 1 is 1.24 bits per heavy atom. The highest BCUT2D eigenvalue weighted by atomic mass is 16.2. The van der Waals surface area contributed by atoms with Gasteiger partial charge in [-0.3, -0.25) is 4.79 Å². The summed E-state index contributed by atoms with van der Waals surface area (Å²) in [5, 5.41) is 0. The number of rotatable bonds is 6. The Kier molecular flexibility index (Phi) is 4.02. The standard InChI is InChI=1S/C20H26N4O/c1-22(2)15-6-4-14(5-7-15)12-24(16-8-9-16)20(25)18-10-17(18)19-11-21-13-23(19)3/h4-7,11,13,16-18H,8-10,12H2,1-3H3/t17-,18-/m1/s1. The molecule has 132 valence electrons. The molecule has 0 saturated heterocycles. The molecule has 0 radical (unpaired) electrons. The Balaban J connectivity index is 1.45. The van der Waals surface area contributed by atoms with Crippen LogP contribution < -0.4 is 4.90 Å². The molecule has 0 N–H and O–H groups in total. The summed E-state index contributed by atoms with van der Waals surface area (Å²) >= 11 is 0. The number of carbonyl (C=O) groups excluding carboxylic acids is 1. The number of anilines is 1. The van der Waals surface area contributed by atoms with Gasteiger partial charge >= 0.3 is 0 Å². The Bertz CT molecular complexity index is 760. The van der Waals surface area contributed by atoms with E-state index < -0.39 is 0 Å². The molecule has 0 bridgehead atoms. The second-order valence-electron chi connectivity index (χ2n) is 7.64. The normalized spacial score (nSPS) is 21.9. The van der Waals surface area contributed by atoms with E-state index in [4.69, 9.17) is 0 Å². The smallest absolute Gasteiger partial charge is 0.226 e. The van der Waals surface area contributed by atoms with Crippen molar-refractivity contribution in [1.82, 2.24) is 14.5 Å². The SMILES string of the molecule is CN(C)c1ccc(CN(C(=O)[C@@H]2C[C@H]2c2cncn2C)C2CC2)cc1. The van der Waals surface area contributed by atoms with Crippen LogP contribution in [-0.2, 0) is 18.4 Å². The molecular formula is C20H26N4O. The third-order valence-electron chi connectivity index (χ3n) is 5.42. The van der Waals surface area contributed by atoms with E-state index >= 15 is 0 Å². The number of amides is 1. The fourth-order valence-electron chi connectivity index (χ4n) is 3.60. The Hall–Kier alpha value is -2.30. The molecule has 2 fully saturated rings. The monoisotopic (exact) mass is 338 g/mol. The van der Waals surface area contributed by atoms with Gasteiger partial charge in [0, 0.05) is 63.1 Å². The van der Waals surface area contributed by atoms with Gasteiger partial charge in [0.05, 0.1) is 6.33 Å². The van der Waals surface area contributed by atoms with E-state index in [0.29, 0.717) is 17.9 Å². The van der Waals surface area contributed by atoms with Crippen LogP contribution in [0.1, 0.15) is 36.4 Å². The van der Waals surface area contributed by atoms with E-state index in [-0.39, 0.29) is 5.92 Å². The lowest BCUT2D eigenvalue weighted by molar-refractivity contribution is -0.133. The van der Waals surface area contributed by atoms with E-state index in [1.807, 2.05) is 38.2 Å². The summed E-state index contributed by atoms with van der Waals surface area (Å²) in [4.78, 5) is 21.5. The molecule has 2 aliphatic rings. The fourth-order valence-corrected chi connectivity index (χ4v) is 3.60. The van der Waals surface area contributed by atoms with Gasteiger partial charge in [-0.1, -0.05) is 12.1 Å². The van der Waals surface area contributed by atoms with Gasteiger partial charge in [-0.2, -0.15) is 0 Å². The van der Waals surface area contributed by atoms with Gasteiger partial charge < -0.3 is 14.4 Å². The summed E-state index contributed by atoms with van der Waals surface area (Å²) in [5.41, 5.74) is 3.58. The van der Waals surface area contributed by atoms with E-state index in [9.17, 15) is 4.79 Å². The largest absolute Gasteiger partial charge is 0.378 e. The molecule has 25 heavy (non-hydrogen) atoms. The number of hydrogen-bond acceptors (Lipinski definition) is 3. The van der Waals surface area contributed by atoms with Crippen LogP contribution in [0.3, 0.4) is 0 Å². The average molecular weight is 338 g/mol. The zero-order chi connectivity index (χ0) is 17.6. The molecule has 2 saturated carbocycles. The first kappa shape index (κ1) is 16.2. The van der Waals surface area contributed by atoms with Gasteiger partial charge in [0.25, 0.3) is 0 Å². The quantitative estimate of drug-likeness (QED) is 0.813. The van der Waals surface area contributed by atoms with Crippen LogP contribution in [0.2, 0.25) is 0 Å². The number of hydrogen-bond donors (Lipinski definition) is 0. The predicted molar refractivity (Wildman–Crippen MR) is 98.4 cm³/mol. The third kappa shape index (κ3) is 3.28. The van der Waals surface area contributed by atoms with Crippen LogP contribution in [0.25, 0.3) is 0 Å². The van der Waals surface area contributed by atoms with Gasteiger partial charge in [0.1, 0.15) is 0 Å². The molecule has 0 aliphatic heterocycles. The maximum absolute atomic E-state index is 13.1. The number of benzene rings is 1. The van der Waals surface area contributed by atoms with Gasteiger partial charge in [0.15, 0.2) is 0 Å². The van der Waals surface area contributed by atoms with E-state index in [2.05, 4.69) is 39.0 Å². The van der Waals surface area contributed by atoms with Crippen molar-refractivity contribution >= 4 is 11.6 Å². The van der Waals surface area contributed by atoms with Crippen LogP contribution in [0, 0.1) is 5.92 Å². The van der Waals surface area contributed by atoms with Gasteiger partial charge in [0.2, 0.25) is 5.91 Å². The first-order valence-corrected chi connectivity index (χ1v) is 9.07. The maximum Gasteiger partial charge on any atom is 0.226 e. The number of nitrogens with zero attached hydrogens (tertiary/aromatic N) is 4. The highest BCUT2D eigenvalue weighted by Crippen LogP contribution is 2.49. The highest BCUT2D eigenvalue weighted by Gasteiger charge is 2.49. The lowest BCUT2D eigenvalue weighted by Crippen LogP contribution is -2.34. The van der Waals surface area contributed by atoms with Crippen LogP contribution in [0.15, 0.2) is 36.8 Å². The molecular weight excluding hydrogens is 312 g/mol. The fraction of sp³-hybridized carbons (Fsp3) is 0.500. The molecule has 0 unspecified atom stereocenters. The van der Waals surface area contributed by atoms with Crippen molar-refractivity contribution in [2.45, 2.75) is 37.8 Å². The summed E-state index contributed by atoms with van der Waals surface area (Å²) in [5.74, 6) is 0.805. The number of imidazole rings is 1. The molecule has 2 atom stereocenters. The van der Waals surface area contributed by atoms with Gasteiger partial charge in [-0.15, -0.1) is 0 Å². The average Bonchev–Trinajstić information content (AvgIpc) is 3.51. The summed E-state index contributed by atoms with van der Waals surface area (Å²) in [6.07, 6.45) is 6.97. The molecule has 1 aromatic carbocycles. The van der Waals surface area contributed by atoms with Crippen molar-refractivity contribution in [2.75, 3.05) is 19.0 Å². The van der Waals surface area contributed by atoms with E-state index in [1.165, 1.54) is 16.9 Å². The van der Waals surface area contributed by atoms with Crippen LogP contribution >= 0.6 is 0 Å². The predicted octanol–water partition coefficient (Wildman–Crippen LogP) is 2.78. The zero-order valence-electron chi connectivity index (χ0n) is 15.2. The second-order valence-corrected chi connectivity index (χ2v) is 7.64. The lowest BCUT2D eigenvalue weighted by Gasteiger charge is -2.23. The van der Waals surface area contributed by atoms with Crippen LogP contribution in [-0.4, -0.2) is 40.5 Å². The summed E-state index contributed by atoms with van der Waals surface area (Å²) in [6.45, 7) is 0.728. The Morgan fingerprint density at radius 2 is 1.96 bits per heavy atom. The molecule has 0 spiro atoms. The van der Waals surface area contributed by atoms with Crippen molar-refractivity contribution in [3.05, 3.63) is 48.0 Å². The molecule has 4 rings (SSSR count). The van der Waals surface area contributed by atoms with E-state index in [0.717, 1.165) is 25.8 Å². The lowest BCUT2D eigenvalue weighted by atomic mass is 10.1. The highest BCUT2D eigenvalue weighted by molar-refractivity contribution is 5.83. The topological polar surface area (TPSA) is 41.4 Å². The first-order valence-electron chi connectivity index (χ1n) is 9.07. The number of aromatic nitrogens is 2. The number of aryl methyl sites for hydroxylation is 1. The zero-order valence-corrected chi connectivity index (χ0v) is 15.2. The van der Waals surface area contributed by atoms with Crippen LogP contribution in [0.5, 0.6) is 0 Å². The minimum absolute atomic E-state index is 0.136. The Morgan fingerprint density at radius 3 is 2.52 bits per heavy atom. The molecule has 1 aromatic heterocycles. The van der Waals surface area contributed by atoms with Gasteiger partial charge in [-0.25, -0.2) is 4.98 Å². The van der Waals surface area contributed by atoms with Crippen molar-refractivity contribution in [2.24, 2.45) is 13.0 Å². The third-order valence-corrected chi connectivity index (χ3v) is 5.42. The minimum Gasteiger partial charge on any atom is -0.378 e. The molecule has 2 aliphatic carbocycles. The first-order chi connectivity index (χ1) is 12.0. The van der Waals surface area contributed by atoms with E-state index in [1.54, 1.807) is 0 Å². The summed E-state index contributed by atoms with van der Waals surface area (Å²) in [7, 11) is 6.09. The van der Waals surface area contributed by atoms with Crippen molar-refractivity contribution in [3.8, 4) is 0 Å². The van der Waals surface area contributed by atoms with Crippen molar-refractivity contribution in [1.29, 1.82) is 0 Å². The molecule has 5 heteroatoms. The maximum atomic E-state index is 13.1. The summed E-state index contributed by atoms with van der Waals surface area (Å²) < 4.78 is 2.04.